The van der Waals surface area contributed by atoms with Crippen molar-refractivity contribution in [1.82, 2.24) is 4.90 Å². The van der Waals surface area contributed by atoms with E-state index in [1.807, 2.05) is 0 Å². The number of hydrogen-bond acceptors (Lipinski definition) is 4. The van der Waals surface area contributed by atoms with Gasteiger partial charge in [0.05, 0.1) is 11.3 Å². The van der Waals surface area contributed by atoms with Gasteiger partial charge >= 0.3 is 6.18 Å². The van der Waals surface area contributed by atoms with Gasteiger partial charge in [0.25, 0.3) is 11.6 Å². The van der Waals surface area contributed by atoms with Gasteiger partial charge in [-0.1, -0.05) is 0 Å². The second-order valence-corrected chi connectivity index (χ2v) is 4.12. The fourth-order valence-corrected chi connectivity index (χ4v) is 1.45. The topological polar surface area (TPSA) is 89.5 Å². The van der Waals surface area contributed by atoms with E-state index in [2.05, 4.69) is 0 Å². The van der Waals surface area contributed by atoms with Crippen molar-refractivity contribution < 1.29 is 22.9 Å². The molecule has 6 nitrogen and oxygen atoms in total. The van der Waals surface area contributed by atoms with Gasteiger partial charge in [-0.15, -0.1) is 0 Å². The highest BCUT2D eigenvalue weighted by molar-refractivity contribution is 5.95. The molecule has 1 rings (SSSR count). The summed E-state index contributed by atoms with van der Waals surface area (Å²) >= 11 is 0. The molecule has 0 bridgehead atoms. The minimum absolute atomic E-state index is 0.0874. The summed E-state index contributed by atoms with van der Waals surface area (Å²) in [5.41, 5.74) is 4.70. The number of halogens is 3. The maximum Gasteiger partial charge on any atom is 0.390 e. The lowest BCUT2D eigenvalue weighted by Crippen LogP contribution is -2.30. The minimum Gasteiger partial charge on any atom is -0.393 e. The van der Waals surface area contributed by atoms with Gasteiger partial charge in [-0.3, -0.25) is 14.9 Å². The molecule has 1 aromatic rings. The highest BCUT2D eigenvalue weighted by atomic mass is 19.4. The van der Waals surface area contributed by atoms with Crippen LogP contribution in [0.1, 0.15) is 16.8 Å². The molecule has 0 spiro atoms. The van der Waals surface area contributed by atoms with Crippen molar-refractivity contribution >= 4 is 17.3 Å². The highest BCUT2D eigenvalue weighted by Crippen LogP contribution is 2.24. The number of nitrogens with two attached hydrogens (primary N) is 1. The van der Waals surface area contributed by atoms with Crippen LogP contribution in [0, 0.1) is 10.1 Å². The van der Waals surface area contributed by atoms with Crippen LogP contribution in [0.4, 0.5) is 24.5 Å². The Hall–Kier alpha value is -2.32. The monoisotopic (exact) mass is 291 g/mol. The Labute approximate surface area is 112 Å². The largest absolute Gasteiger partial charge is 0.393 e. The molecule has 0 fully saturated rings. The van der Waals surface area contributed by atoms with E-state index in [9.17, 15) is 28.1 Å². The SMILES string of the molecule is CN(CCC(F)(F)F)C(=O)c1ccc(N)c([N+](=O)[O-])c1. The lowest BCUT2D eigenvalue weighted by atomic mass is 10.1. The third kappa shape index (κ3) is 4.11. The van der Waals surface area contributed by atoms with Crippen molar-refractivity contribution in [3.05, 3.63) is 33.9 Å². The summed E-state index contributed by atoms with van der Waals surface area (Å²) in [5.74, 6) is -0.739. The second-order valence-electron chi connectivity index (χ2n) is 4.12. The zero-order chi connectivity index (χ0) is 15.5. The number of anilines is 1. The molecule has 20 heavy (non-hydrogen) atoms. The Morgan fingerprint density at radius 1 is 1.45 bits per heavy atom. The lowest BCUT2D eigenvalue weighted by Gasteiger charge is -2.18. The molecule has 0 unspecified atom stereocenters. The van der Waals surface area contributed by atoms with Crippen molar-refractivity contribution in [2.75, 3.05) is 19.3 Å². The molecule has 0 atom stereocenters. The summed E-state index contributed by atoms with van der Waals surface area (Å²) in [6, 6.07) is 3.35. The maximum absolute atomic E-state index is 12.1. The van der Waals surface area contributed by atoms with E-state index in [4.69, 9.17) is 5.73 Å². The zero-order valence-corrected chi connectivity index (χ0v) is 10.5. The van der Waals surface area contributed by atoms with Crippen LogP contribution in [0.2, 0.25) is 0 Å². The summed E-state index contributed by atoms with van der Waals surface area (Å²) in [4.78, 5) is 22.6. The van der Waals surface area contributed by atoms with Crippen LogP contribution >= 0.6 is 0 Å². The molecule has 0 aliphatic heterocycles. The molecule has 110 valence electrons. The molecule has 0 aromatic heterocycles. The molecule has 0 aliphatic rings. The van der Waals surface area contributed by atoms with Gasteiger partial charge in [0.2, 0.25) is 0 Å². The molecule has 0 saturated heterocycles. The first-order valence-corrected chi connectivity index (χ1v) is 5.48. The third-order valence-corrected chi connectivity index (χ3v) is 2.55. The number of carbonyl (C=O) groups excluding carboxylic acids is 1. The van der Waals surface area contributed by atoms with Crippen molar-refractivity contribution in [1.29, 1.82) is 0 Å². The molecule has 0 heterocycles. The summed E-state index contributed by atoms with van der Waals surface area (Å²) in [6.07, 6.45) is -5.52. The van der Waals surface area contributed by atoms with Crippen molar-refractivity contribution in [2.45, 2.75) is 12.6 Å². The van der Waals surface area contributed by atoms with Gasteiger partial charge in [-0.2, -0.15) is 13.2 Å². The third-order valence-electron chi connectivity index (χ3n) is 2.55. The van der Waals surface area contributed by atoms with Crippen LogP contribution < -0.4 is 5.73 Å². The molecule has 0 aliphatic carbocycles. The fourth-order valence-electron chi connectivity index (χ4n) is 1.45. The number of nitro benzene ring substituents is 1. The van der Waals surface area contributed by atoms with Crippen molar-refractivity contribution in [2.24, 2.45) is 0 Å². The molecule has 2 N–H and O–H groups in total. The molecule has 0 saturated carbocycles. The number of rotatable bonds is 4. The molecule has 9 heteroatoms. The average Bonchev–Trinajstić information content (AvgIpc) is 2.34. The van der Waals surface area contributed by atoms with Gasteiger partial charge in [-0.25, -0.2) is 0 Å². The summed E-state index contributed by atoms with van der Waals surface area (Å²) < 4.78 is 36.2. The number of benzene rings is 1. The van der Waals surface area contributed by atoms with Crippen LogP contribution in [0.25, 0.3) is 0 Å². The van der Waals surface area contributed by atoms with E-state index in [0.29, 0.717) is 0 Å². The predicted molar refractivity (Wildman–Crippen MR) is 65.1 cm³/mol. The first-order valence-electron chi connectivity index (χ1n) is 5.48. The standard InChI is InChI=1S/C11H12F3N3O3/c1-16(5-4-11(12,13)14)10(18)7-2-3-8(15)9(6-7)17(19)20/h2-3,6H,4-5,15H2,1H3. The Morgan fingerprint density at radius 2 is 2.05 bits per heavy atom. The van der Waals surface area contributed by atoms with Gasteiger partial charge in [-0.05, 0) is 12.1 Å². The number of alkyl halides is 3. The highest BCUT2D eigenvalue weighted by Gasteiger charge is 2.28. The quantitative estimate of drug-likeness (QED) is 0.523. The summed E-state index contributed by atoms with van der Waals surface area (Å²) in [6.45, 7) is -0.527. The van der Waals surface area contributed by atoms with Gasteiger partial charge in [0.1, 0.15) is 5.69 Å². The molecule has 1 amide bonds. The number of nitro groups is 1. The average molecular weight is 291 g/mol. The van der Waals surface area contributed by atoms with Crippen LogP contribution in [0.5, 0.6) is 0 Å². The van der Waals surface area contributed by atoms with Gasteiger partial charge in [0, 0.05) is 25.2 Å². The summed E-state index contributed by atoms with van der Waals surface area (Å²) in [7, 11) is 1.19. The molecule has 0 radical (unpaired) electrons. The van der Waals surface area contributed by atoms with E-state index in [-0.39, 0.29) is 11.3 Å². The van der Waals surface area contributed by atoms with Crippen molar-refractivity contribution in [3.8, 4) is 0 Å². The minimum atomic E-state index is -4.37. The van der Waals surface area contributed by atoms with E-state index >= 15 is 0 Å². The van der Waals surface area contributed by atoms with Gasteiger partial charge < -0.3 is 10.6 Å². The normalized spacial score (nSPS) is 11.2. The lowest BCUT2D eigenvalue weighted by molar-refractivity contribution is -0.383. The fraction of sp³-hybridized carbons (Fsp3) is 0.364. The van der Waals surface area contributed by atoms with Crippen LogP contribution in [0.3, 0.4) is 0 Å². The van der Waals surface area contributed by atoms with E-state index in [1.54, 1.807) is 0 Å². The van der Waals surface area contributed by atoms with E-state index in [0.717, 1.165) is 11.0 Å². The van der Waals surface area contributed by atoms with Gasteiger partial charge in [0.15, 0.2) is 0 Å². The molecular formula is C11H12F3N3O3. The number of amides is 1. The summed E-state index contributed by atoms with van der Waals surface area (Å²) in [5, 5.41) is 10.7. The predicted octanol–water partition coefficient (Wildman–Crippen LogP) is 2.20. The first-order chi connectivity index (χ1) is 9.11. The Morgan fingerprint density at radius 3 is 2.55 bits per heavy atom. The van der Waals surface area contributed by atoms with Crippen LogP contribution in [-0.2, 0) is 0 Å². The Kier molecular flexibility index (Phi) is 4.53. The Balaban J connectivity index is 2.87. The van der Waals surface area contributed by atoms with Crippen molar-refractivity contribution in [3.63, 3.8) is 0 Å². The molecular weight excluding hydrogens is 279 g/mol. The molecule has 1 aromatic carbocycles. The second kappa shape index (κ2) is 5.76. The van der Waals surface area contributed by atoms with E-state index in [1.165, 1.54) is 19.2 Å². The zero-order valence-electron chi connectivity index (χ0n) is 10.5. The number of hydrogen-bond donors (Lipinski definition) is 1. The first kappa shape index (κ1) is 15.7. The number of nitrogens with zero attached hydrogens (tertiary/aromatic N) is 2. The number of nitrogen functional groups attached to an aromatic ring is 1. The smallest absolute Gasteiger partial charge is 0.390 e. The van der Waals surface area contributed by atoms with Crippen LogP contribution in [0.15, 0.2) is 18.2 Å². The Bertz CT molecular complexity index is 531. The maximum atomic E-state index is 12.1. The van der Waals surface area contributed by atoms with E-state index < -0.39 is 35.7 Å². The van der Waals surface area contributed by atoms with Crippen LogP contribution in [-0.4, -0.2) is 35.5 Å². The number of carbonyl (C=O) groups is 1.